The van der Waals surface area contributed by atoms with Crippen LogP contribution in [0.25, 0.3) is 16.9 Å². The van der Waals surface area contributed by atoms with Crippen molar-refractivity contribution in [2.24, 2.45) is 0 Å². The molecule has 1 aromatic heterocycles. The van der Waals surface area contributed by atoms with E-state index in [1.54, 1.807) is 16.8 Å². The molecule has 0 aliphatic carbocycles. The summed E-state index contributed by atoms with van der Waals surface area (Å²) < 4.78 is 30.2. The number of hydrogen-bond donors (Lipinski definition) is 1. The summed E-state index contributed by atoms with van der Waals surface area (Å²) in [5, 5.41) is 7.69. The van der Waals surface area contributed by atoms with E-state index in [1.807, 2.05) is 86.6 Å². The summed E-state index contributed by atoms with van der Waals surface area (Å²) in [6.45, 7) is 10.2. The van der Waals surface area contributed by atoms with Crippen molar-refractivity contribution >= 4 is 21.7 Å². The van der Waals surface area contributed by atoms with E-state index in [0.717, 1.165) is 28.8 Å². The SMILES string of the molecule is CCCCN(CC(=O)Nc1cc(-c2ccccc2)nn1-c1ccc(C)cc1)S(=O)(=O)c1ccc(C(C)(C)C)cc1. The highest BCUT2D eigenvalue weighted by molar-refractivity contribution is 7.89. The number of carbonyl (C=O) groups excluding carboxylic acids is 1. The van der Waals surface area contributed by atoms with E-state index in [9.17, 15) is 13.2 Å². The van der Waals surface area contributed by atoms with Crippen molar-refractivity contribution in [1.29, 1.82) is 0 Å². The predicted octanol–water partition coefficient (Wildman–Crippen LogP) is 6.57. The van der Waals surface area contributed by atoms with Crippen LogP contribution in [0.4, 0.5) is 5.82 Å². The Bertz CT molecular complexity index is 1540. The van der Waals surface area contributed by atoms with Crippen LogP contribution in [-0.2, 0) is 20.2 Å². The number of nitrogens with zero attached hydrogens (tertiary/aromatic N) is 3. The average Bonchev–Trinajstić information content (AvgIpc) is 3.35. The Kier molecular flexibility index (Phi) is 8.91. The number of hydrogen-bond acceptors (Lipinski definition) is 4. The van der Waals surface area contributed by atoms with Crippen molar-refractivity contribution in [2.75, 3.05) is 18.4 Å². The molecule has 0 bridgehead atoms. The second-order valence-corrected chi connectivity index (χ2v) is 13.0. The third-order valence-electron chi connectivity index (χ3n) is 6.76. The molecule has 8 heteroatoms. The number of anilines is 1. The molecule has 1 amide bonds. The Balaban J connectivity index is 1.62. The number of amides is 1. The Morgan fingerprint density at radius 2 is 1.60 bits per heavy atom. The minimum absolute atomic E-state index is 0.0942. The standard InChI is InChI=1S/C32H38N4O3S/c1-6-7-21-35(40(38,39)28-19-15-26(16-20-28)32(3,4)5)23-31(37)33-30-22-29(25-11-9-8-10-12-25)34-36(30)27-17-13-24(2)14-18-27/h8-20,22H,6-7,21,23H2,1-5H3,(H,33,37). The zero-order valence-electron chi connectivity index (χ0n) is 23.9. The number of carbonyl (C=O) groups is 1. The molecule has 7 nitrogen and oxygen atoms in total. The number of aromatic nitrogens is 2. The van der Waals surface area contributed by atoms with Gasteiger partial charge in [-0.15, -0.1) is 0 Å². The molecular formula is C32H38N4O3S. The molecule has 0 saturated carbocycles. The van der Waals surface area contributed by atoms with Crippen molar-refractivity contribution in [3.63, 3.8) is 0 Å². The molecule has 0 aliphatic rings. The van der Waals surface area contributed by atoms with Crippen molar-refractivity contribution in [3.05, 3.63) is 96.1 Å². The van der Waals surface area contributed by atoms with E-state index in [0.29, 0.717) is 17.9 Å². The van der Waals surface area contributed by atoms with Gasteiger partial charge < -0.3 is 5.32 Å². The van der Waals surface area contributed by atoms with Crippen LogP contribution in [0.15, 0.2) is 89.8 Å². The van der Waals surface area contributed by atoms with Crippen LogP contribution in [0.1, 0.15) is 51.7 Å². The number of rotatable bonds is 10. The molecule has 0 saturated heterocycles. The monoisotopic (exact) mass is 558 g/mol. The number of benzene rings is 3. The van der Waals surface area contributed by atoms with E-state index < -0.39 is 15.9 Å². The first-order valence-corrected chi connectivity index (χ1v) is 15.1. The van der Waals surface area contributed by atoms with Gasteiger partial charge in [0.05, 0.1) is 22.8 Å². The number of nitrogens with one attached hydrogen (secondary N) is 1. The highest BCUT2D eigenvalue weighted by Crippen LogP contribution is 2.27. The predicted molar refractivity (Wildman–Crippen MR) is 161 cm³/mol. The Labute approximate surface area is 237 Å². The molecule has 210 valence electrons. The molecule has 0 unspecified atom stereocenters. The first-order chi connectivity index (χ1) is 19.0. The van der Waals surface area contributed by atoms with E-state index in [-0.39, 0.29) is 23.4 Å². The summed E-state index contributed by atoms with van der Waals surface area (Å²) in [4.78, 5) is 13.6. The van der Waals surface area contributed by atoms with Gasteiger partial charge in [0.15, 0.2) is 0 Å². The van der Waals surface area contributed by atoms with Crippen LogP contribution in [0.3, 0.4) is 0 Å². The van der Waals surface area contributed by atoms with Gasteiger partial charge in [0.1, 0.15) is 5.82 Å². The fourth-order valence-corrected chi connectivity index (χ4v) is 5.77. The summed E-state index contributed by atoms with van der Waals surface area (Å²) in [7, 11) is -3.88. The fraction of sp³-hybridized carbons (Fsp3) is 0.312. The van der Waals surface area contributed by atoms with E-state index in [2.05, 4.69) is 26.1 Å². The minimum atomic E-state index is -3.88. The number of aryl methyl sites for hydroxylation is 1. The first kappa shape index (κ1) is 29.2. The van der Waals surface area contributed by atoms with Gasteiger partial charge in [-0.3, -0.25) is 4.79 Å². The molecule has 0 radical (unpaired) electrons. The Hall–Kier alpha value is -3.75. The molecule has 0 atom stereocenters. The molecular weight excluding hydrogens is 520 g/mol. The topological polar surface area (TPSA) is 84.3 Å². The van der Waals surface area contributed by atoms with Crippen molar-refractivity contribution < 1.29 is 13.2 Å². The lowest BCUT2D eigenvalue weighted by Crippen LogP contribution is -2.39. The summed E-state index contributed by atoms with van der Waals surface area (Å²) in [6, 6.07) is 26.3. The maximum absolute atomic E-state index is 13.6. The van der Waals surface area contributed by atoms with Gasteiger partial charge in [0.25, 0.3) is 0 Å². The second-order valence-electron chi connectivity index (χ2n) is 11.0. The zero-order chi connectivity index (χ0) is 28.9. The summed E-state index contributed by atoms with van der Waals surface area (Å²) in [5.41, 5.74) is 4.46. The largest absolute Gasteiger partial charge is 0.309 e. The third kappa shape index (κ3) is 6.87. The van der Waals surface area contributed by atoms with Crippen LogP contribution in [0.5, 0.6) is 0 Å². The molecule has 1 N–H and O–H groups in total. The lowest BCUT2D eigenvalue weighted by Gasteiger charge is -2.23. The molecule has 3 aromatic carbocycles. The van der Waals surface area contributed by atoms with E-state index in [4.69, 9.17) is 5.10 Å². The molecule has 4 aromatic rings. The molecule has 40 heavy (non-hydrogen) atoms. The molecule has 0 fully saturated rings. The third-order valence-corrected chi connectivity index (χ3v) is 8.62. The van der Waals surface area contributed by atoms with Crippen molar-refractivity contribution in [1.82, 2.24) is 14.1 Å². The maximum Gasteiger partial charge on any atom is 0.243 e. The summed E-state index contributed by atoms with van der Waals surface area (Å²) >= 11 is 0. The highest BCUT2D eigenvalue weighted by Gasteiger charge is 2.27. The molecule has 1 heterocycles. The lowest BCUT2D eigenvalue weighted by atomic mass is 9.87. The Morgan fingerprint density at radius 3 is 2.20 bits per heavy atom. The highest BCUT2D eigenvalue weighted by atomic mass is 32.2. The lowest BCUT2D eigenvalue weighted by molar-refractivity contribution is -0.116. The van der Waals surface area contributed by atoms with Gasteiger partial charge in [-0.25, -0.2) is 13.1 Å². The molecule has 0 aliphatic heterocycles. The summed E-state index contributed by atoms with van der Waals surface area (Å²) in [6.07, 6.45) is 1.45. The number of unbranched alkanes of at least 4 members (excludes halogenated alkanes) is 1. The van der Waals surface area contributed by atoms with E-state index >= 15 is 0 Å². The average molecular weight is 559 g/mol. The van der Waals surface area contributed by atoms with Gasteiger partial charge in [0, 0.05) is 18.2 Å². The van der Waals surface area contributed by atoms with Crippen molar-refractivity contribution in [3.8, 4) is 16.9 Å². The quantitative estimate of drug-likeness (QED) is 0.238. The van der Waals surface area contributed by atoms with Crippen LogP contribution in [0, 0.1) is 6.92 Å². The van der Waals surface area contributed by atoms with Crippen LogP contribution in [-0.4, -0.2) is 41.5 Å². The molecule has 4 rings (SSSR count). The van der Waals surface area contributed by atoms with Gasteiger partial charge >= 0.3 is 0 Å². The summed E-state index contributed by atoms with van der Waals surface area (Å²) in [5.74, 6) is 0.0361. The van der Waals surface area contributed by atoms with Gasteiger partial charge in [-0.05, 0) is 48.6 Å². The Morgan fingerprint density at radius 1 is 0.950 bits per heavy atom. The maximum atomic E-state index is 13.6. The van der Waals surface area contributed by atoms with Crippen LogP contribution < -0.4 is 5.32 Å². The fourth-order valence-electron chi connectivity index (χ4n) is 4.34. The zero-order valence-corrected chi connectivity index (χ0v) is 24.7. The minimum Gasteiger partial charge on any atom is -0.309 e. The van der Waals surface area contributed by atoms with Gasteiger partial charge in [-0.1, -0.05) is 94.3 Å². The molecule has 0 spiro atoms. The number of sulfonamides is 1. The van der Waals surface area contributed by atoms with Crippen molar-refractivity contribution in [2.45, 2.75) is 57.8 Å². The van der Waals surface area contributed by atoms with E-state index in [1.165, 1.54) is 4.31 Å². The second kappa shape index (κ2) is 12.2. The van der Waals surface area contributed by atoms with Gasteiger partial charge in [0.2, 0.25) is 15.9 Å². The van der Waals surface area contributed by atoms with Crippen LogP contribution in [0.2, 0.25) is 0 Å². The normalized spacial score (nSPS) is 12.1. The first-order valence-electron chi connectivity index (χ1n) is 13.6. The smallest absolute Gasteiger partial charge is 0.243 e. The van der Waals surface area contributed by atoms with Crippen LogP contribution >= 0.6 is 0 Å². The van der Waals surface area contributed by atoms with Gasteiger partial charge in [-0.2, -0.15) is 9.40 Å².